The largest absolute Gasteiger partial charge is 0.489 e. The number of hydrogen-bond acceptors (Lipinski definition) is 3. The molecule has 2 nitrogen and oxygen atoms in total. The molecule has 0 N–H and O–H groups in total. The van der Waals surface area contributed by atoms with E-state index in [1.165, 1.54) is 18.7 Å². The molecule has 0 bridgehead atoms. The Morgan fingerprint density at radius 2 is 1.83 bits per heavy atom. The minimum Gasteiger partial charge on any atom is -0.489 e. The molecule has 2 aromatic rings. The van der Waals surface area contributed by atoms with Crippen molar-refractivity contribution in [2.45, 2.75) is 17.1 Å². The van der Waals surface area contributed by atoms with E-state index < -0.39 is 22.8 Å². The average molecular weight is 355 g/mol. The van der Waals surface area contributed by atoms with Crippen molar-refractivity contribution in [3.8, 4) is 5.75 Å². The highest BCUT2D eigenvalue weighted by atomic mass is 35.5. The van der Waals surface area contributed by atoms with Crippen molar-refractivity contribution in [3.63, 3.8) is 0 Å². The standard InChI is InChI=1S/C17H13ClF2O2S/c1-9(21)12-8-22-16-14(20)7-6-13(19)15(16)17(12)23-11-4-2-10(18)3-5-11/h2-7,12,17H,8H2,1H3/t12-,17-/m0/s1. The second-order valence-electron chi connectivity index (χ2n) is 5.29. The van der Waals surface area contributed by atoms with Gasteiger partial charge in [0.25, 0.3) is 0 Å². The van der Waals surface area contributed by atoms with Crippen molar-refractivity contribution in [1.82, 2.24) is 0 Å². The van der Waals surface area contributed by atoms with E-state index in [9.17, 15) is 13.6 Å². The monoisotopic (exact) mass is 354 g/mol. The van der Waals surface area contributed by atoms with E-state index in [4.69, 9.17) is 16.3 Å². The van der Waals surface area contributed by atoms with Gasteiger partial charge in [0.15, 0.2) is 11.6 Å². The first-order valence-electron chi connectivity index (χ1n) is 7.00. The van der Waals surface area contributed by atoms with Crippen LogP contribution in [0.15, 0.2) is 41.3 Å². The third-order valence-corrected chi connectivity index (χ3v) is 5.37. The highest BCUT2D eigenvalue weighted by Crippen LogP contribution is 2.49. The molecule has 0 saturated heterocycles. The second-order valence-corrected chi connectivity index (χ2v) is 6.94. The number of rotatable bonds is 3. The maximum absolute atomic E-state index is 14.3. The fourth-order valence-corrected chi connectivity index (χ4v) is 4.04. The molecule has 23 heavy (non-hydrogen) atoms. The van der Waals surface area contributed by atoms with Gasteiger partial charge in [-0.05, 0) is 43.3 Å². The van der Waals surface area contributed by atoms with Crippen molar-refractivity contribution in [2.24, 2.45) is 5.92 Å². The molecule has 0 amide bonds. The van der Waals surface area contributed by atoms with E-state index >= 15 is 0 Å². The van der Waals surface area contributed by atoms with Crippen LogP contribution in [0.4, 0.5) is 8.78 Å². The molecule has 1 heterocycles. The summed E-state index contributed by atoms with van der Waals surface area (Å²) < 4.78 is 33.6. The lowest BCUT2D eigenvalue weighted by Crippen LogP contribution is -2.30. The molecule has 120 valence electrons. The van der Waals surface area contributed by atoms with Crippen LogP contribution in [-0.2, 0) is 4.79 Å². The Morgan fingerprint density at radius 3 is 2.48 bits per heavy atom. The molecule has 2 atom stereocenters. The SMILES string of the molecule is CC(=O)[C@@H]1COc2c(F)ccc(F)c2[C@H]1Sc1ccc(Cl)cc1. The molecular formula is C17H13ClF2O2S. The number of hydrogen-bond donors (Lipinski definition) is 0. The Kier molecular flexibility index (Phi) is 4.60. The number of Topliss-reactive ketones (excluding diaryl/α,β-unsaturated/α-hetero) is 1. The summed E-state index contributed by atoms with van der Waals surface area (Å²) >= 11 is 7.18. The Morgan fingerprint density at radius 1 is 1.17 bits per heavy atom. The summed E-state index contributed by atoms with van der Waals surface area (Å²) in [5.41, 5.74) is 0.108. The van der Waals surface area contributed by atoms with Crippen LogP contribution in [0.2, 0.25) is 5.02 Å². The summed E-state index contributed by atoms with van der Waals surface area (Å²) in [5.74, 6) is -1.96. The molecule has 6 heteroatoms. The molecule has 1 aliphatic heterocycles. The summed E-state index contributed by atoms with van der Waals surface area (Å²) in [5, 5.41) is 0.0372. The topological polar surface area (TPSA) is 26.3 Å². The summed E-state index contributed by atoms with van der Waals surface area (Å²) in [6, 6.07) is 9.11. The second kappa shape index (κ2) is 6.49. The number of benzene rings is 2. The molecule has 3 rings (SSSR count). The molecule has 0 spiro atoms. The summed E-state index contributed by atoms with van der Waals surface area (Å²) in [7, 11) is 0. The summed E-state index contributed by atoms with van der Waals surface area (Å²) in [4.78, 5) is 12.8. The molecule has 1 aliphatic rings. The van der Waals surface area contributed by atoms with Crippen molar-refractivity contribution >= 4 is 29.1 Å². The van der Waals surface area contributed by atoms with Gasteiger partial charge in [0.2, 0.25) is 0 Å². The Balaban J connectivity index is 2.05. The molecular weight excluding hydrogens is 342 g/mol. The average Bonchev–Trinajstić information content (AvgIpc) is 2.53. The number of ether oxygens (including phenoxy) is 1. The normalized spacial score (nSPS) is 19.8. The van der Waals surface area contributed by atoms with Gasteiger partial charge in [-0.2, -0.15) is 0 Å². The van der Waals surface area contributed by atoms with Crippen LogP contribution in [-0.4, -0.2) is 12.4 Å². The highest BCUT2D eigenvalue weighted by Gasteiger charge is 2.38. The molecule has 0 saturated carbocycles. The van der Waals surface area contributed by atoms with Crippen LogP contribution >= 0.6 is 23.4 Å². The Bertz CT molecular complexity index is 749. The van der Waals surface area contributed by atoms with Gasteiger partial charge in [-0.3, -0.25) is 4.79 Å². The lowest BCUT2D eigenvalue weighted by molar-refractivity contribution is -0.122. The van der Waals surface area contributed by atoms with Gasteiger partial charge < -0.3 is 4.74 Å². The number of halogens is 3. The minimum atomic E-state index is -0.620. The van der Waals surface area contributed by atoms with Crippen LogP contribution in [0.1, 0.15) is 17.7 Å². The van der Waals surface area contributed by atoms with Crippen molar-refractivity contribution in [2.75, 3.05) is 6.61 Å². The maximum atomic E-state index is 14.3. The quantitative estimate of drug-likeness (QED) is 0.771. The first kappa shape index (κ1) is 16.3. The lowest BCUT2D eigenvalue weighted by atomic mass is 9.92. The predicted octanol–water partition coefficient (Wildman–Crippen LogP) is 5.05. The third-order valence-electron chi connectivity index (χ3n) is 3.75. The van der Waals surface area contributed by atoms with E-state index in [2.05, 4.69) is 0 Å². The van der Waals surface area contributed by atoms with Gasteiger partial charge in [-0.25, -0.2) is 8.78 Å². The van der Waals surface area contributed by atoms with E-state index in [-0.39, 0.29) is 23.7 Å². The van der Waals surface area contributed by atoms with Gasteiger partial charge >= 0.3 is 0 Å². The molecule has 2 aromatic carbocycles. The number of carbonyl (C=O) groups is 1. The third kappa shape index (κ3) is 3.21. The van der Waals surface area contributed by atoms with Crippen molar-refractivity contribution in [3.05, 3.63) is 58.6 Å². The molecule has 0 aromatic heterocycles. The molecule has 0 aliphatic carbocycles. The van der Waals surface area contributed by atoms with E-state index in [1.807, 2.05) is 0 Å². The van der Waals surface area contributed by atoms with Gasteiger partial charge in [0.1, 0.15) is 11.6 Å². The fourth-order valence-electron chi connectivity index (χ4n) is 2.55. The first-order valence-corrected chi connectivity index (χ1v) is 8.26. The van der Waals surface area contributed by atoms with E-state index in [1.54, 1.807) is 24.3 Å². The van der Waals surface area contributed by atoms with Crippen LogP contribution in [0, 0.1) is 17.6 Å². The maximum Gasteiger partial charge on any atom is 0.165 e. The van der Waals surface area contributed by atoms with Crippen LogP contribution < -0.4 is 4.74 Å². The zero-order valence-electron chi connectivity index (χ0n) is 12.2. The van der Waals surface area contributed by atoms with Crippen LogP contribution in [0.25, 0.3) is 0 Å². The zero-order valence-corrected chi connectivity index (χ0v) is 13.8. The fraction of sp³-hybridized carbons (Fsp3) is 0.235. The Labute approximate surface area is 141 Å². The summed E-state index contributed by atoms with van der Waals surface area (Å²) in [6.07, 6.45) is 0. The smallest absolute Gasteiger partial charge is 0.165 e. The molecule has 0 radical (unpaired) electrons. The van der Waals surface area contributed by atoms with E-state index in [0.29, 0.717) is 5.02 Å². The first-order chi connectivity index (χ1) is 11.0. The van der Waals surface area contributed by atoms with Gasteiger partial charge in [0, 0.05) is 15.5 Å². The van der Waals surface area contributed by atoms with Gasteiger partial charge in [-0.15, -0.1) is 11.8 Å². The number of thioether (sulfide) groups is 1. The summed E-state index contributed by atoms with van der Waals surface area (Å²) in [6.45, 7) is 1.47. The number of ketones is 1. The minimum absolute atomic E-state index is 0.0357. The van der Waals surface area contributed by atoms with Crippen LogP contribution in [0.3, 0.4) is 0 Å². The number of carbonyl (C=O) groups excluding carboxylic acids is 1. The van der Waals surface area contributed by atoms with Crippen molar-refractivity contribution in [1.29, 1.82) is 0 Å². The van der Waals surface area contributed by atoms with Gasteiger partial charge in [-0.1, -0.05) is 11.6 Å². The lowest BCUT2D eigenvalue weighted by Gasteiger charge is -2.32. The molecule has 0 fully saturated rings. The highest BCUT2D eigenvalue weighted by molar-refractivity contribution is 7.99. The van der Waals surface area contributed by atoms with Crippen LogP contribution in [0.5, 0.6) is 5.75 Å². The van der Waals surface area contributed by atoms with Gasteiger partial charge in [0.05, 0.1) is 17.8 Å². The number of fused-ring (bicyclic) bond motifs is 1. The molecule has 0 unspecified atom stereocenters. The van der Waals surface area contributed by atoms with Crippen molar-refractivity contribution < 1.29 is 18.3 Å². The zero-order chi connectivity index (χ0) is 16.6. The van der Waals surface area contributed by atoms with E-state index in [0.717, 1.165) is 17.0 Å². The predicted molar refractivity (Wildman–Crippen MR) is 86.1 cm³/mol. The Hall–Kier alpha value is -1.59.